The van der Waals surface area contributed by atoms with E-state index in [1.54, 1.807) is 4.90 Å². The number of amides is 3. The van der Waals surface area contributed by atoms with Gasteiger partial charge in [0.15, 0.2) is 0 Å². The Labute approximate surface area is 124 Å². The number of benzene rings is 1. The molecule has 0 radical (unpaired) electrons. The van der Waals surface area contributed by atoms with Crippen LogP contribution >= 0.6 is 0 Å². The molecule has 1 fully saturated rings. The molecule has 0 bridgehead atoms. The van der Waals surface area contributed by atoms with Gasteiger partial charge in [-0.25, -0.2) is 4.79 Å². The van der Waals surface area contributed by atoms with Crippen molar-refractivity contribution in [2.24, 2.45) is 0 Å². The van der Waals surface area contributed by atoms with Crippen LogP contribution in [0.2, 0.25) is 0 Å². The van der Waals surface area contributed by atoms with Crippen molar-refractivity contribution in [1.82, 2.24) is 10.2 Å². The zero-order chi connectivity index (χ0) is 15.0. The number of rotatable bonds is 4. The highest BCUT2D eigenvalue weighted by molar-refractivity contribution is 6.07. The summed E-state index contributed by atoms with van der Waals surface area (Å²) in [6, 6.07) is 7.60. The summed E-state index contributed by atoms with van der Waals surface area (Å²) in [5.74, 6) is 0.826. The highest BCUT2D eigenvalue weighted by Crippen LogP contribution is 2.37. The first kappa shape index (κ1) is 13.9. The van der Waals surface area contributed by atoms with Gasteiger partial charge in [-0.1, -0.05) is 32.0 Å². The molecule has 1 N–H and O–H groups in total. The molecule has 21 heavy (non-hydrogen) atoms. The zero-order valence-corrected chi connectivity index (χ0v) is 12.4. The SMILES string of the molecule is CCC1(CC)C(=O)NC(=O)N1CC1COc2ccccc21. The van der Waals surface area contributed by atoms with E-state index in [9.17, 15) is 9.59 Å². The van der Waals surface area contributed by atoms with Crippen LogP contribution in [0.15, 0.2) is 24.3 Å². The first-order valence-corrected chi connectivity index (χ1v) is 7.47. The van der Waals surface area contributed by atoms with Crippen molar-refractivity contribution in [2.75, 3.05) is 13.2 Å². The van der Waals surface area contributed by atoms with E-state index in [-0.39, 0.29) is 17.9 Å². The Morgan fingerprint density at radius 1 is 1.29 bits per heavy atom. The maximum absolute atomic E-state index is 12.2. The van der Waals surface area contributed by atoms with Crippen molar-refractivity contribution in [3.63, 3.8) is 0 Å². The average Bonchev–Trinajstić information content (AvgIpc) is 3.00. The van der Waals surface area contributed by atoms with Gasteiger partial charge in [0.1, 0.15) is 11.3 Å². The van der Waals surface area contributed by atoms with E-state index in [0.29, 0.717) is 26.0 Å². The molecule has 3 rings (SSSR count). The normalized spacial score (nSPS) is 23.0. The van der Waals surface area contributed by atoms with Crippen molar-refractivity contribution in [1.29, 1.82) is 0 Å². The van der Waals surface area contributed by atoms with Crippen molar-refractivity contribution < 1.29 is 14.3 Å². The number of fused-ring (bicyclic) bond motifs is 1. The number of nitrogens with one attached hydrogen (secondary N) is 1. The van der Waals surface area contributed by atoms with Crippen molar-refractivity contribution in [2.45, 2.75) is 38.1 Å². The highest BCUT2D eigenvalue weighted by atomic mass is 16.5. The van der Waals surface area contributed by atoms with Crippen molar-refractivity contribution >= 4 is 11.9 Å². The molecular weight excluding hydrogens is 268 g/mol. The first-order chi connectivity index (χ1) is 10.1. The Kier molecular flexibility index (Phi) is 3.35. The zero-order valence-electron chi connectivity index (χ0n) is 12.4. The van der Waals surface area contributed by atoms with Gasteiger partial charge in [-0.2, -0.15) is 0 Å². The van der Waals surface area contributed by atoms with E-state index >= 15 is 0 Å². The lowest BCUT2D eigenvalue weighted by Crippen LogP contribution is -2.50. The Hall–Kier alpha value is -2.04. The fraction of sp³-hybridized carbons (Fsp3) is 0.500. The molecule has 2 aliphatic heterocycles. The fourth-order valence-electron chi connectivity index (χ4n) is 3.41. The molecule has 1 unspecified atom stereocenters. The Bertz CT molecular complexity index is 581. The van der Waals surface area contributed by atoms with Crippen LogP contribution in [0.5, 0.6) is 5.75 Å². The van der Waals surface area contributed by atoms with Gasteiger partial charge in [-0.05, 0) is 18.9 Å². The topological polar surface area (TPSA) is 58.6 Å². The van der Waals surface area contributed by atoms with E-state index in [0.717, 1.165) is 11.3 Å². The predicted octanol–water partition coefficient (Wildman–Crippen LogP) is 2.27. The molecule has 112 valence electrons. The third kappa shape index (κ3) is 1.99. The predicted molar refractivity (Wildman–Crippen MR) is 78.2 cm³/mol. The van der Waals surface area contributed by atoms with E-state index in [2.05, 4.69) is 5.32 Å². The van der Waals surface area contributed by atoms with Gasteiger partial charge >= 0.3 is 6.03 Å². The average molecular weight is 288 g/mol. The molecule has 1 saturated heterocycles. The minimum atomic E-state index is -0.714. The van der Waals surface area contributed by atoms with Gasteiger partial charge in [-0.15, -0.1) is 0 Å². The second-order valence-corrected chi connectivity index (χ2v) is 5.65. The number of imide groups is 1. The number of nitrogens with zero attached hydrogens (tertiary/aromatic N) is 1. The number of carbonyl (C=O) groups is 2. The van der Waals surface area contributed by atoms with Crippen molar-refractivity contribution in [3.05, 3.63) is 29.8 Å². The summed E-state index contributed by atoms with van der Waals surface area (Å²) < 4.78 is 5.68. The van der Waals surface area contributed by atoms with Gasteiger partial charge in [0.05, 0.1) is 6.61 Å². The van der Waals surface area contributed by atoms with Crippen LogP contribution in [0.25, 0.3) is 0 Å². The van der Waals surface area contributed by atoms with E-state index < -0.39 is 5.54 Å². The number of urea groups is 1. The molecular formula is C16H20N2O3. The van der Waals surface area contributed by atoms with Gasteiger partial charge in [-0.3, -0.25) is 10.1 Å². The van der Waals surface area contributed by atoms with Crippen LogP contribution in [-0.4, -0.2) is 35.5 Å². The molecule has 2 heterocycles. The summed E-state index contributed by atoms with van der Waals surface area (Å²) in [4.78, 5) is 26.1. The van der Waals surface area contributed by atoms with Gasteiger partial charge in [0, 0.05) is 18.0 Å². The molecule has 2 aliphatic rings. The summed E-state index contributed by atoms with van der Waals surface area (Å²) in [6.45, 7) is 4.97. The Morgan fingerprint density at radius 3 is 2.71 bits per heavy atom. The molecule has 0 aromatic heterocycles. The molecule has 3 amide bonds. The minimum Gasteiger partial charge on any atom is -0.493 e. The summed E-state index contributed by atoms with van der Waals surface area (Å²) in [5.41, 5.74) is 0.403. The van der Waals surface area contributed by atoms with E-state index in [1.807, 2.05) is 38.1 Å². The molecule has 1 aromatic carbocycles. The maximum atomic E-state index is 12.2. The maximum Gasteiger partial charge on any atom is 0.325 e. The lowest BCUT2D eigenvalue weighted by molar-refractivity contribution is -0.127. The van der Waals surface area contributed by atoms with Crippen LogP contribution < -0.4 is 10.1 Å². The molecule has 0 aliphatic carbocycles. The van der Waals surface area contributed by atoms with Crippen molar-refractivity contribution in [3.8, 4) is 5.75 Å². The van der Waals surface area contributed by atoms with Crippen LogP contribution in [0, 0.1) is 0 Å². The molecule has 0 spiro atoms. The van der Waals surface area contributed by atoms with Crippen LogP contribution in [-0.2, 0) is 4.79 Å². The van der Waals surface area contributed by atoms with Gasteiger partial charge in [0.2, 0.25) is 0 Å². The third-order valence-electron chi connectivity index (χ3n) is 4.78. The summed E-state index contributed by atoms with van der Waals surface area (Å²) in [6.07, 6.45) is 1.24. The molecule has 1 atom stereocenters. The standard InChI is InChI=1S/C16H20N2O3/c1-3-16(4-2)14(19)17-15(20)18(16)9-11-10-21-13-8-6-5-7-12(11)13/h5-8,11H,3-4,9-10H2,1-2H3,(H,17,19,20). The summed E-state index contributed by atoms with van der Waals surface area (Å²) in [5, 5.41) is 2.46. The molecule has 1 aromatic rings. The van der Waals surface area contributed by atoms with Gasteiger partial charge in [0.25, 0.3) is 5.91 Å². The van der Waals surface area contributed by atoms with Crippen LogP contribution in [0.3, 0.4) is 0 Å². The van der Waals surface area contributed by atoms with Gasteiger partial charge < -0.3 is 9.64 Å². The number of para-hydroxylation sites is 1. The van der Waals surface area contributed by atoms with Crippen LogP contribution in [0.4, 0.5) is 4.79 Å². The van der Waals surface area contributed by atoms with E-state index in [4.69, 9.17) is 4.74 Å². The second kappa shape index (κ2) is 5.06. The second-order valence-electron chi connectivity index (χ2n) is 5.65. The minimum absolute atomic E-state index is 0.121. The summed E-state index contributed by atoms with van der Waals surface area (Å²) in [7, 11) is 0. The quantitative estimate of drug-likeness (QED) is 0.865. The largest absolute Gasteiger partial charge is 0.493 e. The third-order valence-corrected chi connectivity index (χ3v) is 4.78. The number of hydrogen-bond acceptors (Lipinski definition) is 3. The first-order valence-electron chi connectivity index (χ1n) is 7.47. The van der Waals surface area contributed by atoms with Crippen LogP contribution in [0.1, 0.15) is 38.2 Å². The fourth-order valence-corrected chi connectivity index (χ4v) is 3.41. The Morgan fingerprint density at radius 2 is 2.00 bits per heavy atom. The monoisotopic (exact) mass is 288 g/mol. The number of hydrogen-bond donors (Lipinski definition) is 1. The Balaban J connectivity index is 1.87. The molecule has 0 saturated carbocycles. The molecule has 5 heteroatoms. The number of carbonyl (C=O) groups excluding carboxylic acids is 2. The summed E-state index contributed by atoms with van der Waals surface area (Å²) >= 11 is 0. The molecule has 5 nitrogen and oxygen atoms in total. The smallest absolute Gasteiger partial charge is 0.325 e. The highest BCUT2D eigenvalue weighted by Gasteiger charge is 2.51. The lowest BCUT2D eigenvalue weighted by Gasteiger charge is -2.35. The van der Waals surface area contributed by atoms with E-state index in [1.165, 1.54) is 0 Å². The lowest BCUT2D eigenvalue weighted by atomic mass is 9.89. The number of ether oxygens (including phenoxy) is 1.